The Morgan fingerprint density at radius 1 is 1.13 bits per heavy atom. The van der Waals surface area contributed by atoms with Gasteiger partial charge in [-0.25, -0.2) is 17.9 Å². The van der Waals surface area contributed by atoms with Crippen LogP contribution in [0.2, 0.25) is 0 Å². The van der Waals surface area contributed by atoms with E-state index in [0.717, 1.165) is 23.3 Å². The minimum atomic E-state index is -1.55. The summed E-state index contributed by atoms with van der Waals surface area (Å²) < 4.78 is 41.5. The lowest BCUT2D eigenvalue weighted by atomic mass is 10.1. The highest BCUT2D eigenvalue weighted by molar-refractivity contribution is 5.79. The fraction of sp³-hybridized carbons (Fsp3) is 0.0870. The molecule has 1 aromatic heterocycles. The van der Waals surface area contributed by atoms with Gasteiger partial charge in [-0.2, -0.15) is 5.10 Å². The van der Waals surface area contributed by atoms with E-state index in [0.29, 0.717) is 5.70 Å². The molecule has 30 heavy (non-hydrogen) atoms. The van der Waals surface area contributed by atoms with Crippen molar-refractivity contribution < 1.29 is 13.2 Å². The van der Waals surface area contributed by atoms with Crippen LogP contribution in [0.1, 0.15) is 18.1 Å². The first-order valence-electron chi connectivity index (χ1n) is 9.05. The molecule has 0 aliphatic rings. The van der Waals surface area contributed by atoms with Crippen LogP contribution >= 0.6 is 0 Å². The Balaban J connectivity index is 1.91. The first kappa shape index (κ1) is 21.0. The second-order valence-electron chi connectivity index (χ2n) is 6.42. The number of benzene rings is 2. The summed E-state index contributed by atoms with van der Waals surface area (Å²) in [5.74, 6) is -4.20. The number of rotatable bonds is 6. The maximum Gasteiger partial charge on any atom is 0.267 e. The molecule has 2 aromatic carbocycles. The van der Waals surface area contributed by atoms with Crippen LogP contribution in [-0.4, -0.2) is 16.0 Å². The minimum Gasteiger partial charge on any atom is -0.268 e. The van der Waals surface area contributed by atoms with Crippen LogP contribution in [0.5, 0.6) is 0 Å². The van der Waals surface area contributed by atoms with Crippen molar-refractivity contribution in [3.8, 4) is 11.3 Å². The number of halogens is 3. The lowest BCUT2D eigenvalue weighted by Crippen LogP contribution is -2.23. The Kier molecular flexibility index (Phi) is 6.41. The van der Waals surface area contributed by atoms with Gasteiger partial charge in [-0.05, 0) is 48.4 Å². The van der Waals surface area contributed by atoms with Gasteiger partial charge in [-0.3, -0.25) is 9.79 Å². The predicted octanol–water partition coefficient (Wildman–Crippen LogP) is 4.99. The van der Waals surface area contributed by atoms with E-state index in [1.165, 1.54) is 16.8 Å². The van der Waals surface area contributed by atoms with E-state index in [1.54, 1.807) is 18.4 Å². The molecule has 0 saturated heterocycles. The first-order valence-corrected chi connectivity index (χ1v) is 9.05. The van der Waals surface area contributed by atoms with Gasteiger partial charge in [0.05, 0.1) is 17.9 Å². The van der Waals surface area contributed by atoms with Crippen molar-refractivity contribution >= 4 is 11.9 Å². The van der Waals surface area contributed by atoms with E-state index >= 15 is 0 Å². The number of nitrogens with zero attached hydrogens (tertiary/aromatic N) is 3. The molecule has 0 aliphatic heterocycles. The summed E-state index contributed by atoms with van der Waals surface area (Å²) in [6.07, 6.45) is 5.26. The number of allylic oxidation sites excluding steroid dienone is 2. The zero-order valence-corrected chi connectivity index (χ0v) is 16.1. The molecule has 0 bridgehead atoms. The molecule has 0 radical (unpaired) electrons. The zero-order valence-electron chi connectivity index (χ0n) is 16.1. The smallest absolute Gasteiger partial charge is 0.267 e. The molecular weight excluding hydrogens is 391 g/mol. The Labute approximate surface area is 171 Å². The van der Waals surface area contributed by atoms with Crippen molar-refractivity contribution in [3.63, 3.8) is 0 Å². The highest BCUT2D eigenvalue weighted by Crippen LogP contribution is 2.22. The number of aliphatic imine (C=N–C) groups is 1. The molecule has 7 heteroatoms. The monoisotopic (exact) mass is 409 g/mol. The van der Waals surface area contributed by atoms with Crippen LogP contribution in [0.25, 0.3) is 17.0 Å². The molecule has 0 fully saturated rings. The maximum absolute atomic E-state index is 13.5. The van der Waals surface area contributed by atoms with E-state index in [9.17, 15) is 18.0 Å². The molecule has 152 valence electrons. The van der Waals surface area contributed by atoms with Crippen LogP contribution in [0.3, 0.4) is 0 Å². The Bertz CT molecular complexity index is 1190. The van der Waals surface area contributed by atoms with Crippen LogP contribution in [0.15, 0.2) is 77.0 Å². The normalized spacial score (nSPS) is 11.5. The molecule has 0 saturated carbocycles. The average Bonchev–Trinajstić information content (AvgIpc) is 2.73. The van der Waals surface area contributed by atoms with E-state index < -0.39 is 23.0 Å². The second kappa shape index (κ2) is 9.17. The SMILES string of the molecule is C=C(N=C/C=C\C)c1cccc(Cn2nc(-c3cc(F)c(F)c(F)c3)ccc2=O)c1. The van der Waals surface area contributed by atoms with Crippen LogP contribution in [-0.2, 0) is 6.54 Å². The Morgan fingerprint density at radius 2 is 1.87 bits per heavy atom. The highest BCUT2D eigenvalue weighted by atomic mass is 19.2. The average molecular weight is 409 g/mol. The van der Waals surface area contributed by atoms with E-state index in [1.807, 2.05) is 31.2 Å². The minimum absolute atomic E-state index is 0.0283. The molecule has 0 amide bonds. The summed E-state index contributed by atoms with van der Waals surface area (Å²) in [5.41, 5.74) is 1.88. The van der Waals surface area contributed by atoms with Gasteiger partial charge in [0.1, 0.15) is 0 Å². The van der Waals surface area contributed by atoms with Gasteiger partial charge in [0.2, 0.25) is 0 Å². The number of aromatic nitrogens is 2. The van der Waals surface area contributed by atoms with Gasteiger partial charge in [-0.1, -0.05) is 30.9 Å². The maximum atomic E-state index is 13.5. The predicted molar refractivity (Wildman–Crippen MR) is 112 cm³/mol. The third kappa shape index (κ3) is 4.81. The van der Waals surface area contributed by atoms with E-state index in [4.69, 9.17) is 0 Å². The van der Waals surface area contributed by atoms with Crippen LogP contribution in [0.4, 0.5) is 13.2 Å². The Morgan fingerprint density at radius 3 is 2.57 bits per heavy atom. The second-order valence-corrected chi connectivity index (χ2v) is 6.42. The van der Waals surface area contributed by atoms with Crippen molar-refractivity contribution in [3.05, 3.63) is 106 Å². The zero-order chi connectivity index (χ0) is 21.7. The summed E-state index contributed by atoms with van der Waals surface area (Å²) in [4.78, 5) is 16.5. The van der Waals surface area contributed by atoms with Gasteiger partial charge in [0.15, 0.2) is 17.5 Å². The molecule has 3 aromatic rings. The molecule has 3 rings (SSSR count). The third-order valence-electron chi connectivity index (χ3n) is 4.25. The molecule has 0 atom stereocenters. The molecule has 0 N–H and O–H groups in total. The van der Waals surface area contributed by atoms with Gasteiger partial charge < -0.3 is 0 Å². The topological polar surface area (TPSA) is 47.2 Å². The molecule has 4 nitrogen and oxygen atoms in total. The first-order chi connectivity index (χ1) is 14.4. The van der Waals surface area contributed by atoms with Crippen molar-refractivity contribution in [2.24, 2.45) is 4.99 Å². The lowest BCUT2D eigenvalue weighted by Gasteiger charge is -2.09. The van der Waals surface area contributed by atoms with Crippen LogP contribution < -0.4 is 5.56 Å². The van der Waals surface area contributed by atoms with Crippen molar-refractivity contribution in [1.29, 1.82) is 0 Å². The van der Waals surface area contributed by atoms with Gasteiger partial charge in [-0.15, -0.1) is 0 Å². The fourth-order valence-electron chi connectivity index (χ4n) is 2.74. The Hall–Kier alpha value is -3.74. The molecule has 0 spiro atoms. The quantitative estimate of drug-likeness (QED) is 0.425. The van der Waals surface area contributed by atoms with Gasteiger partial charge >= 0.3 is 0 Å². The van der Waals surface area contributed by atoms with E-state index in [2.05, 4.69) is 16.7 Å². The summed E-state index contributed by atoms with van der Waals surface area (Å²) in [5, 5.41) is 4.17. The molecule has 0 unspecified atom stereocenters. The van der Waals surface area contributed by atoms with Gasteiger partial charge in [0, 0.05) is 17.8 Å². The summed E-state index contributed by atoms with van der Waals surface area (Å²) in [6, 6.07) is 11.5. The largest absolute Gasteiger partial charge is 0.268 e. The van der Waals surface area contributed by atoms with Crippen LogP contribution in [0, 0.1) is 17.5 Å². The molecule has 1 heterocycles. The number of hydrogen-bond donors (Lipinski definition) is 0. The highest BCUT2D eigenvalue weighted by Gasteiger charge is 2.13. The number of hydrogen-bond acceptors (Lipinski definition) is 3. The van der Waals surface area contributed by atoms with E-state index in [-0.39, 0.29) is 17.8 Å². The lowest BCUT2D eigenvalue weighted by molar-refractivity contribution is 0.447. The standard InChI is InChI=1S/C23H18F3N3O/c1-3-4-10-27-15(2)17-7-5-6-16(11-17)14-29-22(30)9-8-21(28-29)18-12-19(24)23(26)20(25)13-18/h3-13H,2,14H2,1H3/b4-3-,27-10?. The van der Waals surface area contributed by atoms with Gasteiger partial charge in [0.25, 0.3) is 5.56 Å². The van der Waals surface area contributed by atoms with Crippen molar-refractivity contribution in [2.45, 2.75) is 13.5 Å². The third-order valence-corrected chi connectivity index (χ3v) is 4.25. The summed E-state index contributed by atoms with van der Waals surface area (Å²) >= 11 is 0. The molecule has 0 aliphatic carbocycles. The summed E-state index contributed by atoms with van der Waals surface area (Å²) in [7, 11) is 0. The summed E-state index contributed by atoms with van der Waals surface area (Å²) in [6.45, 7) is 5.92. The van der Waals surface area contributed by atoms with Crippen molar-refractivity contribution in [1.82, 2.24) is 9.78 Å². The fourth-order valence-corrected chi connectivity index (χ4v) is 2.74. The van der Waals surface area contributed by atoms with Crippen molar-refractivity contribution in [2.75, 3.05) is 0 Å². The molecular formula is C23H18F3N3O.